The molecule has 90 valence electrons. The molecule has 17 heavy (non-hydrogen) atoms. The highest BCUT2D eigenvalue weighted by atomic mass is 16.3. The summed E-state index contributed by atoms with van der Waals surface area (Å²) in [6.07, 6.45) is 0. The van der Waals surface area contributed by atoms with Crippen LogP contribution in [0, 0.1) is 0 Å². The van der Waals surface area contributed by atoms with E-state index in [4.69, 9.17) is 5.11 Å². The molecule has 2 aromatic rings. The fourth-order valence-electron chi connectivity index (χ4n) is 1.99. The molecule has 0 aliphatic heterocycles. The largest absolute Gasteiger partial charge is 0.395 e. The minimum atomic E-state index is 0.189. The highest BCUT2D eigenvalue weighted by Gasteiger charge is 2.09. The minimum absolute atomic E-state index is 0.189. The first-order valence-electron chi connectivity index (χ1n) is 6.00. The molecule has 0 saturated heterocycles. The Morgan fingerprint density at radius 2 is 1.82 bits per heavy atom. The van der Waals surface area contributed by atoms with Crippen LogP contribution < -0.4 is 0 Å². The standard InChI is InChI=1S/C15H19NO/c1-12(11-17)16(2)10-14-8-5-7-13-6-3-4-9-15(13)14/h3-9,12,17H,10-11H2,1-2H3. The van der Waals surface area contributed by atoms with Gasteiger partial charge in [-0.25, -0.2) is 0 Å². The Morgan fingerprint density at radius 3 is 2.59 bits per heavy atom. The molecule has 1 N–H and O–H groups in total. The van der Waals surface area contributed by atoms with E-state index in [0.717, 1.165) is 6.54 Å². The smallest absolute Gasteiger partial charge is 0.0584 e. The van der Waals surface area contributed by atoms with Crippen LogP contribution in [-0.4, -0.2) is 29.7 Å². The second-order valence-corrected chi connectivity index (χ2v) is 4.58. The van der Waals surface area contributed by atoms with E-state index in [2.05, 4.69) is 47.4 Å². The number of fused-ring (bicyclic) bond motifs is 1. The van der Waals surface area contributed by atoms with Crippen molar-refractivity contribution in [3.05, 3.63) is 48.0 Å². The van der Waals surface area contributed by atoms with E-state index >= 15 is 0 Å². The van der Waals surface area contributed by atoms with Crippen molar-refractivity contribution in [1.29, 1.82) is 0 Å². The van der Waals surface area contributed by atoms with E-state index in [0.29, 0.717) is 0 Å². The SMILES string of the molecule is CC(CO)N(C)Cc1cccc2ccccc12. The summed E-state index contributed by atoms with van der Waals surface area (Å²) in [5.74, 6) is 0. The van der Waals surface area contributed by atoms with Crippen molar-refractivity contribution in [2.24, 2.45) is 0 Å². The molecule has 0 bridgehead atoms. The molecule has 1 unspecified atom stereocenters. The van der Waals surface area contributed by atoms with Crippen LogP contribution >= 0.6 is 0 Å². The molecule has 2 nitrogen and oxygen atoms in total. The lowest BCUT2D eigenvalue weighted by Crippen LogP contribution is -2.31. The van der Waals surface area contributed by atoms with Gasteiger partial charge in [0, 0.05) is 12.6 Å². The molecule has 0 saturated carbocycles. The van der Waals surface area contributed by atoms with Crippen molar-refractivity contribution >= 4 is 10.8 Å². The molecule has 0 radical (unpaired) electrons. The third kappa shape index (κ3) is 2.65. The molecule has 2 heteroatoms. The zero-order chi connectivity index (χ0) is 12.3. The van der Waals surface area contributed by atoms with Gasteiger partial charge in [-0.15, -0.1) is 0 Å². The summed E-state index contributed by atoms with van der Waals surface area (Å²) in [7, 11) is 2.04. The van der Waals surface area contributed by atoms with E-state index in [-0.39, 0.29) is 12.6 Å². The van der Waals surface area contributed by atoms with Gasteiger partial charge in [-0.3, -0.25) is 4.90 Å². The molecule has 0 spiro atoms. The topological polar surface area (TPSA) is 23.5 Å². The molecule has 0 heterocycles. The number of aliphatic hydroxyl groups is 1. The normalized spacial score (nSPS) is 13.2. The van der Waals surface area contributed by atoms with Crippen LogP contribution in [0.25, 0.3) is 10.8 Å². The number of hydrogen-bond acceptors (Lipinski definition) is 2. The lowest BCUT2D eigenvalue weighted by molar-refractivity contribution is 0.154. The number of hydrogen-bond donors (Lipinski definition) is 1. The number of benzene rings is 2. The van der Waals surface area contributed by atoms with Crippen molar-refractivity contribution in [3.63, 3.8) is 0 Å². The van der Waals surface area contributed by atoms with E-state index < -0.39 is 0 Å². The average Bonchev–Trinajstić information content (AvgIpc) is 2.38. The minimum Gasteiger partial charge on any atom is -0.395 e. The lowest BCUT2D eigenvalue weighted by Gasteiger charge is -2.23. The second kappa shape index (κ2) is 5.30. The van der Waals surface area contributed by atoms with Crippen LogP contribution in [0.3, 0.4) is 0 Å². The van der Waals surface area contributed by atoms with Crippen LogP contribution in [0.1, 0.15) is 12.5 Å². The molecule has 1 atom stereocenters. The summed E-state index contributed by atoms with van der Waals surface area (Å²) in [5, 5.41) is 11.7. The molecule has 0 amide bonds. The zero-order valence-corrected chi connectivity index (χ0v) is 10.4. The predicted octanol–water partition coefficient (Wildman–Crippen LogP) is 2.65. The summed E-state index contributed by atoms with van der Waals surface area (Å²) in [6, 6.07) is 15.0. The van der Waals surface area contributed by atoms with Gasteiger partial charge in [-0.2, -0.15) is 0 Å². The van der Waals surface area contributed by atoms with E-state index in [9.17, 15) is 0 Å². The lowest BCUT2D eigenvalue weighted by atomic mass is 10.0. The number of likely N-dealkylation sites (N-methyl/N-ethyl adjacent to an activating group) is 1. The van der Waals surface area contributed by atoms with Gasteiger partial charge in [-0.05, 0) is 30.3 Å². The third-order valence-corrected chi connectivity index (χ3v) is 3.32. The highest BCUT2D eigenvalue weighted by molar-refractivity contribution is 5.85. The van der Waals surface area contributed by atoms with Crippen molar-refractivity contribution in [2.75, 3.05) is 13.7 Å². The van der Waals surface area contributed by atoms with Crippen LogP contribution in [0.2, 0.25) is 0 Å². The van der Waals surface area contributed by atoms with Crippen molar-refractivity contribution in [2.45, 2.75) is 19.5 Å². The van der Waals surface area contributed by atoms with Crippen LogP contribution in [0.4, 0.5) is 0 Å². The van der Waals surface area contributed by atoms with Gasteiger partial charge >= 0.3 is 0 Å². The Hall–Kier alpha value is -1.38. The number of nitrogens with zero attached hydrogens (tertiary/aromatic N) is 1. The fourth-order valence-corrected chi connectivity index (χ4v) is 1.99. The fraction of sp³-hybridized carbons (Fsp3) is 0.333. The summed E-state index contributed by atoms with van der Waals surface area (Å²) >= 11 is 0. The Balaban J connectivity index is 2.30. The first-order chi connectivity index (χ1) is 8.22. The monoisotopic (exact) mass is 229 g/mol. The van der Waals surface area contributed by atoms with E-state index in [1.54, 1.807) is 0 Å². The molecule has 2 rings (SSSR count). The first kappa shape index (κ1) is 12.1. The molecule has 2 aromatic carbocycles. The maximum atomic E-state index is 9.15. The van der Waals surface area contributed by atoms with Gasteiger partial charge in [0.05, 0.1) is 6.61 Å². The molecule has 0 aromatic heterocycles. The highest BCUT2D eigenvalue weighted by Crippen LogP contribution is 2.20. The van der Waals surface area contributed by atoms with E-state index in [1.807, 2.05) is 14.0 Å². The van der Waals surface area contributed by atoms with Gasteiger partial charge in [0.2, 0.25) is 0 Å². The summed E-state index contributed by atoms with van der Waals surface area (Å²) in [4.78, 5) is 2.17. The van der Waals surface area contributed by atoms with Crippen LogP contribution in [-0.2, 0) is 6.54 Å². The van der Waals surface area contributed by atoms with Gasteiger partial charge < -0.3 is 5.11 Å². The quantitative estimate of drug-likeness (QED) is 0.871. The van der Waals surface area contributed by atoms with Crippen LogP contribution in [0.5, 0.6) is 0 Å². The van der Waals surface area contributed by atoms with Crippen LogP contribution in [0.15, 0.2) is 42.5 Å². The zero-order valence-electron chi connectivity index (χ0n) is 10.4. The second-order valence-electron chi connectivity index (χ2n) is 4.58. The third-order valence-electron chi connectivity index (χ3n) is 3.32. The summed E-state index contributed by atoms with van der Waals surface area (Å²) in [5.41, 5.74) is 1.31. The molecular weight excluding hydrogens is 210 g/mol. The Kier molecular flexibility index (Phi) is 3.77. The average molecular weight is 229 g/mol. The molecular formula is C15H19NO. The summed E-state index contributed by atoms with van der Waals surface area (Å²) in [6.45, 7) is 3.09. The maximum absolute atomic E-state index is 9.15. The van der Waals surface area contributed by atoms with Gasteiger partial charge in [-0.1, -0.05) is 42.5 Å². The Bertz CT molecular complexity index is 490. The maximum Gasteiger partial charge on any atom is 0.0584 e. The summed E-state index contributed by atoms with van der Waals surface area (Å²) < 4.78 is 0. The Labute approximate surface area is 102 Å². The van der Waals surface area contributed by atoms with Crippen molar-refractivity contribution in [1.82, 2.24) is 4.90 Å². The van der Waals surface area contributed by atoms with Gasteiger partial charge in [0.1, 0.15) is 0 Å². The number of aliphatic hydroxyl groups excluding tert-OH is 1. The van der Waals surface area contributed by atoms with Gasteiger partial charge in [0.15, 0.2) is 0 Å². The Morgan fingerprint density at radius 1 is 1.12 bits per heavy atom. The number of rotatable bonds is 4. The van der Waals surface area contributed by atoms with Crippen molar-refractivity contribution < 1.29 is 5.11 Å². The first-order valence-corrected chi connectivity index (χ1v) is 6.00. The predicted molar refractivity (Wildman–Crippen MR) is 72.0 cm³/mol. The molecule has 0 aliphatic rings. The molecule has 0 fully saturated rings. The molecule has 0 aliphatic carbocycles. The van der Waals surface area contributed by atoms with Crippen molar-refractivity contribution in [3.8, 4) is 0 Å². The van der Waals surface area contributed by atoms with Gasteiger partial charge in [0.25, 0.3) is 0 Å². The van der Waals surface area contributed by atoms with E-state index in [1.165, 1.54) is 16.3 Å².